The molecule has 2 aromatic rings. The fraction of sp³-hybridized carbons (Fsp3) is 0.300. The van der Waals surface area contributed by atoms with Crippen molar-refractivity contribution in [2.24, 2.45) is 0 Å². The van der Waals surface area contributed by atoms with E-state index in [-0.39, 0.29) is 23.9 Å². The van der Waals surface area contributed by atoms with Gasteiger partial charge in [0.05, 0.1) is 11.7 Å². The summed E-state index contributed by atoms with van der Waals surface area (Å²) >= 11 is 7.04. The van der Waals surface area contributed by atoms with Crippen molar-refractivity contribution in [3.63, 3.8) is 0 Å². The van der Waals surface area contributed by atoms with Crippen molar-refractivity contribution in [1.29, 1.82) is 0 Å². The molecule has 0 saturated heterocycles. The highest BCUT2D eigenvalue weighted by Crippen LogP contribution is 2.44. The van der Waals surface area contributed by atoms with E-state index in [4.69, 9.17) is 0 Å². The minimum Gasteiger partial charge on any atom is -0.309 e. The molecule has 0 N–H and O–H groups in total. The van der Waals surface area contributed by atoms with Crippen molar-refractivity contribution in [2.75, 3.05) is 9.80 Å². The fourth-order valence-electron chi connectivity index (χ4n) is 3.74. The normalized spacial score (nSPS) is 19.0. The molecule has 0 fully saturated rings. The lowest BCUT2D eigenvalue weighted by Crippen LogP contribution is -2.46. The summed E-state index contributed by atoms with van der Waals surface area (Å²) in [4.78, 5) is 28.4. The van der Waals surface area contributed by atoms with Gasteiger partial charge < -0.3 is 9.80 Å². The molecule has 0 spiro atoms. The Balaban J connectivity index is 2.15. The van der Waals surface area contributed by atoms with Crippen LogP contribution in [-0.2, 0) is 9.59 Å². The predicted octanol–water partition coefficient (Wildman–Crippen LogP) is 5.45. The molecule has 1 aliphatic rings. The summed E-state index contributed by atoms with van der Waals surface area (Å²) in [5.41, 5.74) is 2.69. The molecule has 26 heavy (non-hydrogen) atoms. The Morgan fingerprint density at radius 3 is 2.42 bits per heavy atom. The van der Waals surface area contributed by atoms with Crippen LogP contribution in [0.1, 0.15) is 38.8 Å². The first-order chi connectivity index (χ1) is 12.3. The lowest BCUT2D eigenvalue weighted by Gasteiger charge is -2.43. The van der Waals surface area contributed by atoms with Crippen LogP contribution in [0.5, 0.6) is 0 Å². The second kappa shape index (κ2) is 7.53. The van der Waals surface area contributed by atoms with Crippen LogP contribution in [-0.4, -0.2) is 17.9 Å². The highest BCUT2D eigenvalue weighted by atomic mass is 79.9. The lowest BCUT2D eigenvalue weighted by molar-refractivity contribution is -0.117. The maximum absolute atomic E-state index is 12.6. The SMILES string of the molecule is CC(=O)N1c2ccccc2C(N(C(C)=O)c2ccc(Br)cc2Br)CC1C. The van der Waals surface area contributed by atoms with Gasteiger partial charge in [-0.1, -0.05) is 34.1 Å². The number of halogens is 2. The van der Waals surface area contributed by atoms with Gasteiger partial charge in [0.1, 0.15) is 0 Å². The molecule has 0 aliphatic carbocycles. The smallest absolute Gasteiger partial charge is 0.224 e. The summed E-state index contributed by atoms with van der Waals surface area (Å²) in [6.07, 6.45) is 0.679. The van der Waals surface area contributed by atoms with Crippen LogP contribution in [0.2, 0.25) is 0 Å². The summed E-state index contributed by atoms with van der Waals surface area (Å²) in [5, 5.41) is 0. The highest BCUT2D eigenvalue weighted by molar-refractivity contribution is 9.11. The van der Waals surface area contributed by atoms with Gasteiger partial charge in [0.15, 0.2) is 0 Å². The molecule has 2 unspecified atom stereocenters. The van der Waals surface area contributed by atoms with Gasteiger partial charge in [0.25, 0.3) is 0 Å². The van der Waals surface area contributed by atoms with E-state index in [9.17, 15) is 9.59 Å². The van der Waals surface area contributed by atoms with Gasteiger partial charge >= 0.3 is 0 Å². The minimum atomic E-state index is -0.133. The second-order valence-electron chi connectivity index (χ2n) is 6.53. The zero-order chi connectivity index (χ0) is 19.0. The van der Waals surface area contributed by atoms with Crippen LogP contribution in [0.15, 0.2) is 51.4 Å². The molecule has 6 heteroatoms. The fourth-order valence-corrected chi connectivity index (χ4v) is 4.98. The maximum Gasteiger partial charge on any atom is 0.224 e. The molecule has 1 heterocycles. The van der Waals surface area contributed by atoms with Crippen LogP contribution in [0.4, 0.5) is 11.4 Å². The van der Waals surface area contributed by atoms with Crippen molar-refractivity contribution < 1.29 is 9.59 Å². The van der Waals surface area contributed by atoms with Crippen LogP contribution in [0.25, 0.3) is 0 Å². The van der Waals surface area contributed by atoms with Gasteiger partial charge in [0, 0.05) is 34.5 Å². The molecule has 3 rings (SSSR count). The zero-order valence-electron chi connectivity index (χ0n) is 14.9. The van der Waals surface area contributed by atoms with E-state index >= 15 is 0 Å². The Hall–Kier alpha value is -1.66. The Bertz CT molecular complexity index is 869. The molecule has 0 radical (unpaired) electrons. The third-order valence-corrected chi connectivity index (χ3v) is 5.85. The highest BCUT2D eigenvalue weighted by Gasteiger charge is 2.37. The van der Waals surface area contributed by atoms with Crippen molar-refractivity contribution in [2.45, 2.75) is 39.3 Å². The molecule has 2 atom stereocenters. The number of rotatable bonds is 2. The lowest BCUT2D eigenvalue weighted by atomic mass is 9.90. The van der Waals surface area contributed by atoms with Gasteiger partial charge in [0.2, 0.25) is 11.8 Å². The van der Waals surface area contributed by atoms with Gasteiger partial charge in [-0.15, -0.1) is 0 Å². The van der Waals surface area contributed by atoms with Gasteiger partial charge in [-0.25, -0.2) is 0 Å². The van der Waals surface area contributed by atoms with E-state index < -0.39 is 0 Å². The number of para-hydroxylation sites is 1. The first-order valence-corrected chi connectivity index (χ1v) is 10.0. The monoisotopic (exact) mass is 478 g/mol. The first-order valence-electron chi connectivity index (χ1n) is 8.44. The van der Waals surface area contributed by atoms with Gasteiger partial charge in [-0.3, -0.25) is 9.59 Å². The van der Waals surface area contributed by atoms with Gasteiger partial charge in [-0.05, 0) is 59.1 Å². The van der Waals surface area contributed by atoms with Crippen LogP contribution >= 0.6 is 31.9 Å². The Morgan fingerprint density at radius 1 is 1.12 bits per heavy atom. The largest absolute Gasteiger partial charge is 0.309 e. The van der Waals surface area contributed by atoms with Crippen molar-refractivity contribution in [1.82, 2.24) is 0 Å². The molecule has 1 aliphatic heterocycles. The zero-order valence-corrected chi connectivity index (χ0v) is 18.0. The third-order valence-electron chi connectivity index (χ3n) is 4.72. The number of hydrogen-bond acceptors (Lipinski definition) is 2. The van der Waals surface area contributed by atoms with Crippen molar-refractivity contribution in [3.8, 4) is 0 Å². The quantitative estimate of drug-likeness (QED) is 0.574. The van der Waals surface area contributed by atoms with E-state index in [0.29, 0.717) is 6.42 Å². The van der Waals surface area contributed by atoms with E-state index in [0.717, 1.165) is 25.9 Å². The summed E-state index contributed by atoms with van der Waals surface area (Å²) in [6.45, 7) is 5.19. The molecule has 4 nitrogen and oxygen atoms in total. The number of carbonyl (C=O) groups is 2. The second-order valence-corrected chi connectivity index (χ2v) is 8.30. The summed E-state index contributed by atoms with van der Waals surface area (Å²) in [7, 11) is 0. The molecular formula is C20H20Br2N2O2. The van der Waals surface area contributed by atoms with Crippen LogP contribution < -0.4 is 9.80 Å². The number of anilines is 2. The topological polar surface area (TPSA) is 40.6 Å². The Labute approximate surface area is 170 Å². The average Bonchev–Trinajstić information content (AvgIpc) is 2.56. The minimum absolute atomic E-state index is 0.00322. The molecule has 0 saturated carbocycles. The molecule has 2 amide bonds. The van der Waals surface area contributed by atoms with Crippen LogP contribution in [0, 0.1) is 0 Å². The Morgan fingerprint density at radius 2 is 1.81 bits per heavy atom. The predicted molar refractivity (Wildman–Crippen MR) is 111 cm³/mol. The number of hydrogen-bond donors (Lipinski definition) is 0. The average molecular weight is 480 g/mol. The molecule has 136 valence electrons. The summed E-state index contributed by atoms with van der Waals surface area (Å²) < 4.78 is 1.79. The molecule has 0 aromatic heterocycles. The van der Waals surface area contributed by atoms with Crippen LogP contribution in [0.3, 0.4) is 0 Å². The number of fused-ring (bicyclic) bond motifs is 1. The standard InChI is InChI=1S/C20H20Br2N2O2/c1-12-10-20(16-6-4-5-7-18(16)23(12)13(2)25)24(14(3)26)19-9-8-15(21)11-17(19)22/h4-9,11-12,20H,10H2,1-3H3. The number of amides is 2. The number of benzene rings is 2. The van der Waals surface area contributed by atoms with Crippen molar-refractivity contribution >= 4 is 55.0 Å². The van der Waals surface area contributed by atoms with Gasteiger partial charge in [-0.2, -0.15) is 0 Å². The molecule has 0 bridgehead atoms. The van der Waals surface area contributed by atoms with E-state index in [1.165, 1.54) is 0 Å². The first kappa shape index (κ1) is 19.1. The van der Waals surface area contributed by atoms with Crippen molar-refractivity contribution in [3.05, 3.63) is 57.0 Å². The van der Waals surface area contributed by atoms with E-state index in [1.807, 2.05) is 59.2 Å². The third kappa shape index (κ3) is 3.45. The maximum atomic E-state index is 12.6. The van der Waals surface area contributed by atoms with E-state index in [2.05, 4.69) is 31.9 Å². The van der Waals surface area contributed by atoms with E-state index in [1.54, 1.807) is 13.8 Å². The molecular weight excluding hydrogens is 460 g/mol. The molecule has 2 aromatic carbocycles. The number of nitrogens with zero attached hydrogens (tertiary/aromatic N) is 2. The summed E-state index contributed by atoms with van der Waals surface area (Å²) in [6, 6.07) is 13.5. The Kier molecular flexibility index (Phi) is 5.53. The summed E-state index contributed by atoms with van der Waals surface area (Å²) in [5.74, 6) is -0.0149. The number of carbonyl (C=O) groups excluding carboxylic acids is 2.